The molecule has 2 atom stereocenters. The van der Waals surface area contributed by atoms with Gasteiger partial charge in [-0.3, -0.25) is 4.99 Å². The molecule has 8 heteroatoms. The van der Waals surface area contributed by atoms with Gasteiger partial charge in [0.2, 0.25) is 0 Å². The van der Waals surface area contributed by atoms with Crippen LogP contribution in [-0.2, 0) is 4.74 Å². The number of methoxy groups -OCH3 is 1. The molecule has 2 rings (SSSR count). The van der Waals surface area contributed by atoms with Crippen LogP contribution in [0.15, 0.2) is 29.3 Å². The summed E-state index contributed by atoms with van der Waals surface area (Å²) in [5, 5.41) is 16.2. The molecule has 1 fully saturated rings. The number of aliphatic hydroxyl groups excluding tert-OH is 1. The number of hydrogen-bond donors (Lipinski definition) is 3. The van der Waals surface area contributed by atoms with Crippen LogP contribution in [0, 0.1) is 5.41 Å². The Labute approximate surface area is 192 Å². The molecular formula is C21H37IN4O3. The molecule has 1 aliphatic rings. The third-order valence-electron chi connectivity index (χ3n) is 5.33. The third kappa shape index (κ3) is 7.58. The maximum Gasteiger partial charge on any atom is 0.191 e. The number of hydrogen-bond acceptors (Lipinski definition) is 5. The van der Waals surface area contributed by atoms with Crippen LogP contribution < -0.4 is 15.4 Å². The summed E-state index contributed by atoms with van der Waals surface area (Å²) in [7, 11) is 5.83. The standard InChI is InChI=1S/C21H36N4O3.HI/c1-5-22-20(24-15-21(10-12-26)11-13-28-16-21)23-14-18(25(2)3)17-8-6-7-9-19(17)27-4;/h6-9,18,26H,5,10-16H2,1-4H3,(H2,22,23,24);1H. The highest BCUT2D eigenvalue weighted by Crippen LogP contribution is 2.32. The SMILES string of the molecule is CCNC(=NCC1(CCO)CCOC1)NCC(c1ccccc1OC)N(C)C.I. The Morgan fingerprint density at radius 1 is 1.34 bits per heavy atom. The van der Waals surface area contributed by atoms with E-state index in [9.17, 15) is 5.11 Å². The van der Waals surface area contributed by atoms with Crippen molar-refractivity contribution in [3.05, 3.63) is 29.8 Å². The fraction of sp³-hybridized carbons (Fsp3) is 0.667. The van der Waals surface area contributed by atoms with Crippen molar-refractivity contribution < 1.29 is 14.6 Å². The van der Waals surface area contributed by atoms with Gasteiger partial charge < -0.3 is 30.1 Å². The molecule has 0 amide bonds. The van der Waals surface area contributed by atoms with E-state index in [0.29, 0.717) is 19.7 Å². The van der Waals surface area contributed by atoms with E-state index in [1.807, 2.05) is 18.2 Å². The summed E-state index contributed by atoms with van der Waals surface area (Å²) >= 11 is 0. The lowest BCUT2D eigenvalue weighted by Crippen LogP contribution is -2.42. The first-order valence-electron chi connectivity index (χ1n) is 10.1. The summed E-state index contributed by atoms with van der Waals surface area (Å²) in [4.78, 5) is 6.98. The van der Waals surface area contributed by atoms with Gasteiger partial charge in [0.05, 0.1) is 26.3 Å². The molecule has 3 N–H and O–H groups in total. The van der Waals surface area contributed by atoms with E-state index in [1.54, 1.807) is 7.11 Å². The number of nitrogens with one attached hydrogen (secondary N) is 2. The summed E-state index contributed by atoms with van der Waals surface area (Å²) in [6.45, 7) is 5.76. The number of aliphatic hydroxyl groups is 1. The van der Waals surface area contributed by atoms with Crippen LogP contribution >= 0.6 is 24.0 Å². The summed E-state index contributed by atoms with van der Waals surface area (Å²) in [6.07, 6.45) is 1.66. The highest BCUT2D eigenvalue weighted by atomic mass is 127. The summed E-state index contributed by atoms with van der Waals surface area (Å²) < 4.78 is 11.1. The topological polar surface area (TPSA) is 78.4 Å². The Balaban J connectivity index is 0.00000420. The largest absolute Gasteiger partial charge is 0.496 e. The molecule has 1 aromatic rings. The lowest BCUT2D eigenvalue weighted by Gasteiger charge is -2.28. The molecule has 0 aliphatic carbocycles. The van der Waals surface area contributed by atoms with Gasteiger partial charge in [0, 0.05) is 37.3 Å². The van der Waals surface area contributed by atoms with Crippen molar-refractivity contribution in [2.24, 2.45) is 10.4 Å². The van der Waals surface area contributed by atoms with Gasteiger partial charge >= 0.3 is 0 Å². The lowest BCUT2D eigenvalue weighted by molar-refractivity contribution is 0.131. The number of guanidine groups is 1. The van der Waals surface area contributed by atoms with Crippen molar-refractivity contribution in [2.45, 2.75) is 25.8 Å². The fourth-order valence-electron chi connectivity index (χ4n) is 3.58. The Hall–Kier alpha value is -1.10. The predicted octanol–water partition coefficient (Wildman–Crippen LogP) is 2.26. The summed E-state index contributed by atoms with van der Waals surface area (Å²) in [5.41, 5.74) is 1.08. The van der Waals surface area contributed by atoms with E-state index < -0.39 is 0 Å². The number of likely N-dealkylation sites (N-methyl/N-ethyl adjacent to an activating group) is 1. The molecule has 1 aliphatic heterocycles. The molecule has 0 spiro atoms. The first-order chi connectivity index (χ1) is 13.5. The third-order valence-corrected chi connectivity index (χ3v) is 5.33. The van der Waals surface area contributed by atoms with Crippen LogP contribution in [0.25, 0.3) is 0 Å². The van der Waals surface area contributed by atoms with Crippen molar-refractivity contribution in [3.63, 3.8) is 0 Å². The van der Waals surface area contributed by atoms with Crippen LogP contribution in [0.1, 0.15) is 31.4 Å². The van der Waals surface area contributed by atoms with Gasteiger partial charge in [0.15, 0.2) is 5.96 Å². The van der Waals surface area contributed by atoms with Crippen LogP contribution in [0.3, 0.4) is 0 Å². The van der Waals surface area contributed by atoms with E-state index in [-0.39, 0.29) is 42.0 Å². The van der Waals surface area contributed by atoms with Crippen LogP contribution in [-0.4, -0.2) is 76.6 Å². The van der Waals surface area contributed by atoms with Crippen molar-refractivity contribution in [1.29, 1.82) is 0 Å². The van der Waals surface area contributed by atoms with Gasteiger partial charge in [-0.1, -0.05) is 18.2 Å². The van der Waals surface area contributed by atoms with E-state index in [2.05, 4.69) is 42.6 Å². The van der Waals surface area contributed by atoms with Crippen LogP contribution in [0.5, 0.6) is 5.75 Å². The molecule has 0 bridgehead atoms. The van der Waals surface area contributed by atoms with Gasteiger partial charge in [0.1, 0.15) is 5.75 Å². The minimum Gasteiger partial charge on any atom is -0.496 e. The van der Waals surface area contributed by atoms with Crippen molar-refractivity contribution in [3.8, 4) is 5.75 Å². The van der Waals surface area contributed by atoms with Gasteiger partial charge in [-0.05, 0) is 39.9 Å². The van der Waals surface area contributed by atoms with Crippen LogP contribution in [0.2, 0.25) is 0 Å². The van der Waals surface area contributed by atoms with Crippen molar-refractivity contribution in [1.82, 2.24) is 15.5 Å². The molecule has 0 radical (unpaired) electrons. The van der Waals surface area contributed by atoms with Crippen LogP contribution in [0.4, 0.5) is 0 Å². The summed E-state index contributed by atoms with van der Waals surface area (Å²) in [6, 6.07) is 8.25. The first kappa shape index (κ1) is 25.9. The quantitative estimate of drug-likeness (QED) is 0.250. The Bertz CT molecular complexity index is 622. The number of aliphatic imine (C=N–C) groups is 1. The number of para-hydroxylation sites is 1. The molecule has 29 heavy (non-hydrogen) atoms. The van der Waals surface area contributed by atoms with Gasteiger partial charge in [-0.15, -0.1) is 24.0 Å². The molecule has 1 saturated heterocycles. The number of nitrogens with zero attached hydrogens (tertiary/aromatic N) is 2. The van der Waals surface area contributed by atoms with Gasteiger partial charge in [-0.2, -0.15) is 0 Å². The normalized spacial score (nSPS) is 20.3. The minimum atomic E-state index is -0.0549. The van der Waals surface area contributed by atoms with E-state index in [1.165, 1.54) is 0 Å². The molecule has 1 heterocycles. The zero-order chi connectivity index (χ0) is 20.4. The maximum absolute atomic E-state index is 9.42. The van der Waals surface area contributed by atoms with Gasteiger partial charge in [0.25, 0.3) is 0 Å². The molecule has 7 nitrogen and oxygen atoms in total. The zero-order valence-corrected chi connectivity index (χ0v) is 20.4. The zero-order valence-electron chi connectivity index (χ0n) is 18.1. The number of ether oxygens (including phenoxy) is 2. The Morgan fingerprint density at radius 2 is 2.10 bits per heavy atom. The number of benzene rings is 1. The van der Waals surface area contributed by atoms with Crippen molar-refractivity contribution in [2.75, 3.05) is 60.7 Å². The molecule has 0 aromatic heterocycles. The average Bonchev–Trinajstić information content (AvgIpc) is 3.15. The van der Waals surface area contributed by atoms with E-state index >= 15 is 0 Å². The maximum atomic E-state index is 9.42. The van der Waals surface area contributed by atoms with Crippen molar-refractivity contribution >= 4 is 29.9 Å². The average molecular weight is 520 g/mol. The lowest BCUT2D eigenvalue weighted by atomic mass is 9.84. The van der Waals surface area contributed by atoms with E-state index in [4.69, 9.17) is 14.5 Å². The van der Waals surface area contributed by atoms with E-state index in [0.717, 1.165) is 43.3 Å². The number of halogens is 1. The minimum absolute atomic E-state index is 0. The molecular weight excluding hydrogens is 483 g/mol. The number of rotatable bonds is 10. The smallest absolute Gasteiger partial charge is 0.191 e. The first-order valence-corrected chi connectivity index (χ1v) is 10.1. The summed E-state index contributed by atoms with van der Waals surface area (Å²) in [5.74, 6) is 1.67. The predicted molar refractivity (Wildman–Crippen MR) is 128 cm³/mol. The highest BCUT2D eigenvalue weighted by molar-refractivity contribution is 14.0. The highest BCUT2D eigenvalue weighted by Gasteiger charge is 2.34. The molecule has 166 valence electrons. The second kappa shape index (κ2) is 13.3. The van der Waals surface area contributed by atoms with Gasteiger partial charge in [-0.25, -0.2) is 0 Å². The molecule has 0 saturated carbocycles. The molecule has 1 aromatic carbocycles. The Morgan fingerprint density at radius 3 is 2.69 bits per heavy atom. The fourth-order valence-corrected chi connectivity index (χ4v) is 3.58. The second-order valence-corrected chi connectivity index (χ2v) is 7.57. The Kier molecular flexibility index (Phi) is 11.9. The monoisotopic (exact) mass is 520 g/mol. The second-order valence-electron chi connectivity index (χ2n) is 7.57. The molecule has 2 unspecified atom stereocenters.